The molecule has 2 amide bonds. The first-order valence-electron chi connectivity index (χ1n) is 24.4. The second kappa shape index (κ2) is 31.0. The van der Waals surface area contributed by atoms with E-state index in [2.05, 4.69) is 48.8 Å². The van der Waals surface area contributed by atoms with Gasteiger partial charge in [0.25, 0.3) is 0 Å². The fourth-order valence-corrected chi connectivity index (χ4v) is 8.36. The number of ether oxygens (including phenoxy) is 3. The van der Waals surface area contributed by atoms with E-state index in [1.807, 2.05) is 7.05 Å². The SMILES string of the molecule is CCCCCC1OC1CC=CCCCCCCCC(=O)NC[N+](C)(CCC[C@H]1OC(CO)[C@@H](O)[C@@H](O)C1O)CNC(=O)CCCCCCCC=CCC1OC1CCCCC. The monoisotopic (exact) mass is 851 g/mol. The number of amides is 2. The van der Waals surface area contributed by atoms with Gasteiger partial charge in [0, 0.05) is 12.8 Å². The molecule has 0 aliphatic carbocycles. The summed E-state index contributed by atoms with van der Waals surface area (Å²) in [5.41, 5.74) is 0. The molecule has 3 fully saturated rings. The average Bonchev–Trinajstić information content (AvgIpc) is 4.18. The van der Waals surface area contributed by atoms with Crippen molar-refractivity contribution in [1.82, 2.24) is 10.6 Å². The first-order valence-corrected chi connectivity index (χ1v) is 24.4. The molecule has 60 heavy (non-hydrogen) atoms. The number of unbranched alkanes of at least 4 members (excludes halogenated alkanes) is 14. The van der Waals surface area contributed by atoms with Crippen LogP contribution in [0.2, 0.25) is 0 Å². The lowest BCUT2D eigenvalue weighted by Crippen LogP contribution is -2.59. The number of quaternary nitrogens is 1. The lowest BCUT2D eigenvalue weighted by atomic mass is 9.93. The van der Waals surface area contributed by atoms with E-state index in [1.54, 1.807) is 0 Å². The van der Waals surface area contributed by atoms with Gasteiger partial charge in [-0.2, -0.15) is 0 Å². The van der Waals surface area contributed by atoms with Crippen molar-refractivity contribution in [3.05, 3.63) is 24.3 Å². The number of aliphatic hydroxyl groups excluding tert-OH is 4. The number of nitrogens with one attached hydrogen (secondary N) is 2. The van der Waals surface area contributed by atoms with Crippen molar-refractivity contribution in [2.45, 2.75) is 236 Å². The Morgan fingerprint density at radius 2 is 0.950 bits per heavy atom. The molecule has 0 aromatic heterocycles. The van der Waals surface area contributed by atoms with Crippen LogP contribution < -0.4 is 10.6 Å². The largest absolute Gasteiger partial charge is 0.394 e. The van der Waals surface area contributed by atoms with E-state index in [1.165, 1.54) is 51.4 Å². The third-order valence-electron chi connectivity index (χ3n) is 12.7. The Kier molecular flexibility index (Phi) is 27.1. The Hall–Kier alpha value is -1.90. The molecular formula is C48H88N3O9+. The lowest BCUT2D eigenvalue weighted by Gasteiger charge is -2.40. The maximum absolute atomic E-state index is 12.9. The zero-order valence-corrected chi connectivity index (χ0v) is 38.0. The van der Waals surface area contributed by atoms with E-state index in [9.17, 15) is 30.0 Å². The van der Waals surface area contributed by atoms with Gasteiger partial charge >= 0.3 is 0 Å². The number of epoxide rings is 2. The maximum Gasteiger partial charge on any atom is 0.224 e. The second-order valence-electron chi connectivity index (χ2n) is 18.3. The van der Waals surface area contributed by atoms with Crippen LogP contribution in [0.5, 0.6) is 0 Å². The molecular weight excluding hydrogens is 763 g/mol. The van der Waals surface area contributed by atoms with E-state index < -0.39 is 37.1 Å². The number of rotatable bonds is 37. The Labute approximate surface area is 363 Å². The minimum Gasteiger partial charge on any atom is -0.394 e. The Morgan fingerprint density at radius 1 is 0.517 bits per heavy atom. The second-order valence-corrected chi connectivity index (χ2v) is 18.3. The zero-order chi connectivity index (χ0) is 43.4. The molecule has 348 valence electrons. The highest BCUT2D eigenvalue weighted by Gasteiger charge is 2.43. The summed E-state index contributed by atoms with van der Waals surface area (Å²) in [5, 5.41) is 46.7. The van der Waals surface area contributed by atoms with Gasteiger partial charge in [-0.1, -0.05) is 115 Å². The normalized spacial score (nSPS) is 27.4. The fourth-order valence-electron chi connectivity index (χ4n) is 8.36. The molecule has 3 rings (SSSR count). The first kappa shape index (κ1) is 52.4. The van der Waals surface area contributed by atoms with E-state index in [-0.39, 0.29) is 11.8 Å². The van der Waals surface area contributed by atoms with Crippen LogP contribution in [-0.2, 0) is 23.8 Å². The number of carbonyl (C=O) groups is 2. The lowest BCUT2D eigenvalue weighted by molar-refractivity contribution is -0.913. The molecule has 12 nitrogen and oxygen atoms in total. The van der Waals surface area contributed by atoms with Crippen molar-refractivity contribution in [3.8, 4) is 0 Å². The number of hydrogen-bond donors (Lipinski definition) is 6. The molecule has 0 aromatic carbocycles. The summed E-state index contributed by atoms with van der Waals surface area (Å²) in [6, 6.07) is 0. The van der Waals surface area contributed by atoms with E-state index in [4.69, 9.17) is 14.2 Å². The number of carbonyl (C=O) groups excluding carboxylic acids is 2. The van der Waals surface area contributed by atoms with Crippen molar-refractivity contribution in [1.29, 1.82) is 0 Å². The predicted molar refractivity (Wildman–Crippen MR) is 238 cm³/mol. The van der Waals surface area contributed by atoms with E-state index in [0.717, 1.165) is 89.9 Å². The topological polar surface area (TPSA) is 173 Å². The van der Waals surface area contributed by atoms with Gasteiger partial charge in [0.05, 0.1) is 50.7 Å². The van der Waals surface area contributed by atoms with Gasteiger partial charge in [0.15, 0.2) is 13.3 Å². The first-order chi connectivity index (χ1) is 29.1. The number of aliphatic hydroxyl groups is 4. The highest BCUT2D eigenvalue weighted by atomic mass is 16.6. The van der Waals surface area contributed by atoms with Crippen molar-refractivity contribution in [3.63, 3.8) is 0 Å². The van der Waals surface area contributed by atoms with Gasteiger partial charge in [-0.15, -0.1) is 0 Å². The van der Waals surface area contributed by atoms with Crippen molar-refractivity contribution < 1.29 is 48.7 Å². The summed E-state index contributed by atoms with van der Waals surface area (Å²) < 4.78 is 17.6. The summed E-state index contributed by atoms with van der Waals surface area (Å²) >= 11 is 0. The molecule has 6 N–H and O–H groups in total. The van der Waals surface area contributed by atoms with Crippen LogP contribution >= 0.6 is 0 Å². The molecule has 3 aliphatic rings. The Bertz CT molecular complexity index is 1140. The van der Waals surface area contributed by atoms with Crippen molar-refractivity contribution >= 4 is 11.8 Å². The van der Waals surface area contributed by atoms with Crippen molar-refractivity contribution in [2.24, 2.45) is 0 Å². The molecule has 0 saturated carbocycles. The van der Waals surface area contributed by atoms with Gasteiger partial charge in [-0.3, -0.25) is 14.1 Å². The predicted octanol–water partition coefficient (Wildman–Crippen LogP) is 7.25. The number of nitrogens with zero attached hydrogens (tertiary/aromatic N) is 1. The molecule has 0 radical (unpaired) electrons. The maximum atomic E-state index is 12.9. The van der Waals surface area contributed by atoms with E-state index in [0.29, 0.717) is 74.5 Å². The molecule has 12 heteroatoms. The molecule has 3 heterocycles. The minimum absolute atomic E-state index is 0.00305. The van der Waals surface area contributed by atoms with Gasteiger partial charge in [0.2, 0.25) is 11.8 Å². The quantitative estimate of drug-likeness (QED) is 0.0124. The summed E-state index contributed by atoms with van der Waals surface area (Å²) in [6.45, 7) is 5.25. The van der Waals surface area contributed by atoms with E-state index >= 15 is 0 Å². The highest BCUT2D eigenvalue weighted by Crippen LogP contribution is 2.31. The number of hydrogen-bond acceptors (Lipinski definition) is 9. The molecule has 0 spiro atoms. The van der Waals surface area contributed by atoms with Crippen LogP contribution in [0.3, 0.4) is 0 Å². The average molecular weight is 851 g/mol. The minimum atomic E-state index is -1.41. The fraction of sp³-hybridized carbons (Fsp3) is 0.875. The standard InChI is InChI=1S/C48H87N3O9/c1-4-6-20-27-38-40(58-38)29-22-16-12-8-10-14-18-24-32-44(53)49-36-51(3,34-26-31-42-46(55)48(57)47(56)43(35-52)60-42)37-50-45(54)33-25-19-15-11-9-13-17-23-30-41-39(59-41)28-21-7-5-2/h16-17,22-23,38-43,46-48,52,55-57H,4-15,18-21,24-37H2,1-3H3,(H-,49,50,53,54)/p+1/t38?,39?,40?,41?,42-,43?,46?,47-,48+,51?/m1/s1. The summed E-state index contributed by atoms with van der Waals surface area (Å²) in [6.07, 6.45) is 31.9. The number of allylic oxidation sites excluding steroid dienone is 2. The van der Waals surface area contributed by atoms with Crippen molar-refractivity contribution in [2.75, 3.05) is 33.5 Å². The van der Waals surface area contributed by atoms with Crippen LogP contribution in [0.15, 0.2) is 24.3 Å². The van der Waals surface area contributed by atoms with Crippen LogP contribution in [0.25, 0.3) is 0 Å². The molecule has 0 bridgehead atoms. The van der Waals surface area contributed by atoms with Crippen LogP contribution in [-0.4, -0.2) is 125 Å². The molecule has 6 unspecified atom stereocenters. The summed E-state index contributed by atoms with van der Waals surface area (Å²) in [4.78, 5) is 25.8. The van der Waals surface area contributed by atoms with Gasteiger partial charge in [-0.25, -0.2) is 0 Å². The Balaban J connectivity index is 1.29. The van der Waals surface area contributed by atoms with Crippen LogP contribution in [0, 0.1) is 0 Å². The Morgan fingerprint density at radius 3 is 1.43 bits per heavy atom. The molecule has 0 aromatic rings. The zero-order valence-electron chi connectivity index (χ0n) is 38.0. The van der Waals surface area contributed by atoms with Gasteiger partial charge in [0.1, 0.15) is 24.4 Å². The van der Waals surface area contributed by atoms with Gasteiger partial charge in [-0.05, 0) is 77.0 Å². The third kappa shape index (κ3) is 22.5. The smallest absolute Gasteiger partial charge is 0.224 e. The van der Waals surface area contributed by atoms with Crippen LogP contribution in [0.1, 0.15) is 181 Å². The molecule has 3 saturated heterocycles. The molecule has 3 aliphatic heterocycles. The van der Waals surface area contributed by atoms with Gasteiger partial charge < -0.3 is 45.3 Å². The highest BCUT2D eigenvalue weighted by molar-refractivity contribution is 5.76. The third-order valence-corrected chi connectivity index (χ3v) is 12.7. The summed E-state index contributed by atoms with van der Waals surface area (Å²) in [7, 11) is 1.99. The van der Waals surface area contributed by atoms with Crippen LogP contribution in [0.4, 0.5) is 0 Å². The molecule has 9 atom stereocenters. The summed E-state index contributed by atoms with van der Waals surface area (Å²) in [5.74, 6) is -0.00611.